The van der Waals surface area contributed by atoms with Gasteiger partial charge in [-0.25, -0.2) is 0 Å². The summed E-state index contributed by atoms with van der Waals surface area (Å²) >= 11 is 0. The predicted octanol–water partition coefficient (Wildman–Crippen LogP) is 2.67. The van der Waals surface area contributed by atoms with Crippen LogP contribution in [0.1, 0.15) is 34.5 Å². The molecule has 0 aliphatic rings. The van der Waals surface area contributed by atoms with Gasteiger partial charge in [0, 0.05) is 12.1 Å². The Kier molecular flexibility index (Phi) is 4.31. The normalized spacial score (nSPS) is 11.9. The highest BCUT2D eigenvalue weighted by Gasteiger charge is 2.06. The predicted molar refractivity (Wildman–Crippen MR) is 74.7 cm³/mol. The van der Waals surface area contributed by atoms with E-state index in [1.165, 1.54) is 0 Å². The van der Waals surface area contributed by atoms with Crippen LogP contribution in [0.15, 0.2) is 54.6 Å². The zero-order valence-corrected chi connectivity index (χ0v) is 10.8. The van der Waals surface area contributed by atoms with Gasteiger partial charge in [0.25, 0.3) is 5.91 Å². The molecule has 0 saturated heterocycles. The Bertz CT molecular complexity index is 532. The maximum Gasteiger partial charge on any atom is 0.251 e. The van der Waals surface area contributed by atoms with Gasteiger partial charge in [-0.2, -0.15) is 0 Å². The van der Waals surface area contributed by atoms with Crippen LogP contribution < -0.4 is 5.32 Å². The quantitative estimate of drug-likeness (QED) is 0.882. The summed E-state index contributed by atoms with van der Waals surface area (Å²) in [7, 11) is 0. The van der Waals surface area contributed by atoms with Crippen molar-refractivity contribution in [2.45, 2.75) is 19.6 Å². The number of carbonyl (C=O) groups is 1. The first kappa shape index (κ1) is 13.3. The highest BCUT2D eigenvalue weighted by atomic mass is 16.3. The molecular formula is C16H17NO2. The van der Waals surface area contributed by atoms with Crippen LogP contribution in [-0.2, 0) is 6.54 Å². The van der Waals surface area contributed by atoms with Gasteiger partial charge in [0.2, 0.25) is 0 Å². The molecule has 0 bridgehead atoms. The van der Waals surface area contributed by atoms with Crippen LogP contribution in [0.25, 0.3) is 0 Å². The Morgan fingerprint density at radius 1 is 1.11 bits per heavy atom. The molecule has 19 heavy (non-hydrogen) atoms. The van der Waals surface area contributed by atoms with Gasteiger partial charge < -0.3 is 10.4 Å². The lowest BCUT2D eigenvalue weighted by atomic mass is 10.1. The number of hydrogen-bond acceptors (Lipinski definition) is 2. The van der Waals surface area contributed by atoms with Crippen molar-refractivity contribution in [2.24, 2.45) is 0 Å². The van der Waals surface area contributed by atoms with Crippen molar-refractivity contribution in [2.75, 3.05) is 0 Å². The number of hydrogen-bond donors (Lipinski definition) is 2. The first-order valence-electron chi connectivity index (χ1n) is 6.27. The third-order valence-corrected chi connectivity index (χ3v) is 2.95. The minimum atomic E-state index is -0.513. The molecule has 0 spiro atoms. The average Bonchev–Trinajstić information content (AvgIpc) is 2.46. The Labute approximate surface area is 112 Å². The van der Waals surface area contributed by atoms with Crippen molar-refractivity contribution < 1.29 is 9.90 Å². The average molecular weight is 255 g/mol. The molecule has 0 aliphatic carbocycles. The standard InChI is InChI=1S/C16H17NO2/c1-12(18)14-7-9-15(10-8-14)16(19)17-11-13-5-3-2-4-6-13/h2-10,12,18H,11H2,1H3,(H,17,19). The number of benzene rings is 2. The van der Waals surface area contributed by atoms with Gasteiger partial charge >= 0.3 is 0 Å². The van der Waals surface area contributed by atoms with Crippen LogP contribution in [0.4, 0.5) is 0 Å². The van der Waals surface area contributed by atoms with E-state index < -0.39 is 6.10 Å². The lowest BCUT2D eigenvalue weighted by Crippen LogP contribution is -2.22. The van der Waals surface area contributed by atoms with Gasteiger partial charge in [0.1, 0.15) is 0 Å². The van der Waals surface area contributed by atoms with E-state index >= 15 is 0 Å². The fourth-order valence-electron chi connectivity index (χ4n) is 1.79. The minimum Gasteiger partial charge on any atom is -0.389 e. The monoisotopic (exact) mass is 255 g/mol. The van der Waals surface area contributed by atoms with Gasteiger partial charge in [-0.1, -0.05) is 42.5 Å². The zero-order chi connectivity index (χ0) is 13.7. The number of carbonyl (C=O) groups excluding carboxylic acids is 1. The third kappa shape index (κ3) is 3.66. The summed E-state index contributed by atoms with van der Waals surface area (Å²) < 4.78 is 0. The summed E-state index contributed by atoms with van der Waals surface area (Å²) in [6.45, 7) is 2.21. The van der Waals surface area contributed by atoms with E-state index in [4.69, 9.17) is 0 Å². The highest BCUT2D eigenvalue weighted by molar-refractivity contribution is 5.94. The molecule has 0 radical (unpaired) electrons. The number of aliphatic hydroxyl groups excluding tert-OH is 1. The lowest BCUT2D eigenvalue weighted by Gasteiger charge is -2.07. The molecule has 2 N–H and O–H groups in total. The second kappa shape index (κ2) is 6.16. The SMILES string of the molecule is CC(O)c1ccc(C(=O)NCc2ccccc2)cc1. The fraction of sp³-hybridized carbons (Fsp3) is 0.188. The van der Waals surface area contributed by atoms with Crippen LogP contribution in [0, 0.1) is 0 Å². The zero-order valence-electron chi connectivity index (χ0n) is 10.8. The van der Waals surface area contributed by atoms with Crippen molar-refractivity contribution in [3.8, 4) is 0 Å². The van der Waals surface area contributed by atoms with Crippen molar-refractivity contribution in [3.05, 3.63) is 71.3 Å². The van der Waals surface area contributed by atoms with Crippen molar-refractivity contribution >= 4 is 5.91 Å². The molecule has 2 aromatic carbocycles. The molecule has 3 nitrogen and oxygen atoms in total. The molecule has 3 heteroatoms. The number of rotatable bonds is 4. The summed E-state index contributed by atoms with van der Waals surface area (Å²) in [5.74, 6) is -0.110. The van der Waals surface area contributed by atoms with Gasteiger partial charge in [-0.3, -0.25) is 4.79 Å². The lowest BCUT2D eigenvalue weighted by molar-refractivity contribution is 0.0950. The largest absolute Gasteiger partial charge is 0.389 e. The van der Waals surface area contributed by atoms with E-state index in [1.54, 1.807) is 31.2 Å². The first-order valence-corrected chi connectivity index (χ1v) is 6.27. The maximum atomic E-state index is 11.9. The van der Waals surface area contributed by atoms with Crippen molar-refractivity contribution in [1.82, 2.24) is 5.32 Å². The second-order valence-corrected chi connectivity index (χ2v) is 4.47. The topological polar surface area (TPSA) is 49.3 Å². The molecule has 1 atom stereocenters. The van der Waals surface area contributed by atoms with E-state index in [9.17, 15) is 9.90 Å². The molecule has 1 unspecified atom stereocenters. The van der Waals surface area contributed by atoms with Crippen LogP contribution in [-0.4, -0.2) is 11.0 Å². The molecule has 1 amide bonds. The van der Waals surface area contributed by atoms with Gasteiger partial charge in [-0.15, -0.1) is 0 Å². The number of amides is 1. The smallest absolute Gasteiger partial charge is 0.251 e. The van der Waals surface area contributed by atoms with Crippen LogP contribution >= 0.6 is 0 Å². The summed E-state index contributed by atoms with van der Waals surface area (Å²) in [4.78, 5) is 11.9. The Morgan fingerprint density at radius 2 is 1.74 bits per heavy atom. The van der Waals surface area contributed by atoms with E-state index in [1.807, 2.05) is 30.3 Å². The van der Waals surface area contributed by atoms with Crippen LogP contribution in [0.5, 0.6) is 0 Å². The first-order chi connectivity index (χ1) is 9.16. The minimum absolute atomic E-state index is 0.110. The molecule has 0 aromatic heterocycles. The Balaban J connectivity index is 1.96. The maximum absolute atomic E-state index is 11.9. The van der Waals surface area contributed by atoms with E-state index in [2.05, 4.69) is 5.32 Å². The molecule has 2 rings (SSSR count). The number of aliphatic hydroxyl groups is 1. The molecule has 0 aliphatic heterocycles. The Hall–Kier alpha value is -2.13. The van der Waals surface area contributed by atoms with E-state index in [-0.39, 0.29) is 5.91 Å². The third-order valence-electron chi connectivity index (χ3n) is 2.95. The summed E-state index contributed by atoms with van der Waals surface area (Å²) in [5.41, 5.74) is 2.47. The van der Waals surface area contributed by atoms with Gasteiger partial charge in [0.05, 0.1) is 6.10 Å². The summed E-state index contributed by atoms with van der Waals surface area (Å²) in [6.07, 6.45) is -0.513. The van der Waals surface area contributed by atoms with Gasteiger partial charge in [0.15, 0.2) is 0 Å². The van der Waals surface area contributed by atoms with E-state index in [0.717, 1.165) is 11.1 Å². The number of nitrogens with one attached hydrogen (secondary N) is 1. The molecule has 0 heterocycles. The van der Waals surface area contributed by atoms with Crippen LogP contribution in [0.3, 0.4) is 0 Å². The molecule has 0 fully saturated rings. The van der Waals surface area contributed by atoms with Crippen LogP contribution in [0.2, 0.25) is 0 Å². The molecule has 98 valence electrons. The van der Waals surface area contributed by atoms with E-state index in [0.29, 0.717) is 12.1 Å². The molecule has 2 aromatic rings. The fourth-order valence-corrected chi connectivity index (χ4v) is 1.79. The molecular weight excluding hydrogens is 238 g/mol. The van der Waals surface area contributed by atoms with Crippen molar-refractivity contribution in [3.63, 3.8) is 0 Å². The second-order valence-electron chi connectivity index (χ2n) is 4.47. The Morgan fingerprint density at radius 3 is 2.32 bits per heavy atom. The highest BCUT2D eigenvalue weighted by Crippen LogP contribution is 2.12. The van der Waals surface area contributed by atoms with Gasteiger partial charge in [-0.05, 0) is 30.2 Å². The van der Waals surface area contributed by atoms with Crippen molar-refractivity contribution in [1.29, 1.82) is 0 Å². The summed E-state index contributed by atoms with van der Waals surface area (Å²) in [6, 6.07) is 16.8. The molecule has 0 saturated carbocycles. The summed E-state index contributed by atoms with van der Waals surface area (Å²) in [5, 5.41) is 12.3.